The number of anilines is 1. The molecule has 0 heterocycles. The molecule has 1 N–H and O–H groups in total. The molecule has 0 unspecified atom stereocenters. The number of non-ortho nitro benzene ring substituents is 1. The van der Waals surface area contributed by atoms with Crippen molar-refractivity contribution in [1.82, 2.24) is 0 Å². The number of nitrogens with one attached hydrogen (secondary N) is 1. The number of carbonyl (C=O) groups excluding carboxylic acids is 2. The van der Waals surface area contributed by atoms with Crippen LogP contribution < -0.4 is 5.32 Å². The summed E-state index contributed by atoms with van der Waals surface area (Å²) in [5, 5.41) is 13.3. The molecular formula is C16H12Br2N2O5. The number of nitro benzene ring substituents is 1. The highest BCUT2D eigenvalue weighted by Gasteiger charge is 2.17. The lowest BCUT2D eigenvalue weighted by atomic mass is 10.1. The average Bonchev–Trinajstić information content (AvgIpc) is 2.55. The highest BCUT2D eigenvalue weighted by Crippen LogP contribution is 2.35. The Hall–Kier alpha value is -2.26. The molecule has 2 aromatic carbocycles. The molecule has 0 aliphatic rings. The van der Waals surface area contributed by atoms with E-state index in [1.165, 1.54) is 12.1 Å². The smallest absolute Gasteiger partial charge is 0.338 e. The normalized spacial score (nSPS) is 10.2. The molecular weight excluding hydrogens is 460 g/mol. The first-order valence-corrected chi connectivity index (χ1v) is 8.53. The second-order valence-corrected chi connectivity index (χ2v) is 6.74. The summed E-state index contributed by atoms with van der Waals surface area (Å²) in [6.07, 6.45) is 0. The van der Waals surface area contributed by atoms with E-state index in [-0.39, 0.29) is 5.69 Å². The SMILES string of the molecule is Cc1cccc(C(=O)OCC(=O)Nc2c(Br)cc([N+](=O)[O-])cc2Br)c1. The van der Waals surface area contributed by atoms with E-state index in [9.17, 15) is 19.7 Å². The minimum Gasteiger partial charge on any atom is -0.452 e. The minimum absolute atomic E-state index is 0.136. The predicted octanol–water partition coefficient (Wildman–Crippen LogP) is 4.22. The third-order valence-electron chi connectivity index (χ3n) is 3.09. The van der Waals surface area contributed by atoms with Gasteiger partial charge >= 0.3 is 5.97 Å². The van der Waals surface area contributed by atoms with Crippen LogP contribution in [0.4, 0.5) is 11.4 Å². The van der Waals surface area contributed by atoms with Gasteiger partial charge in [0.2, 0.25) is 0 Å². The molecule has 0 bridgehead atoms. The number of benzene rings is 2. The van der Waals surface area contributed by atoms with Gasteiger partial charge in [-0.05, 0) is 50.9 Å². The van der Waals surface area contributed by atoms with Crippen LogP contribution in [0.15, 0.2) is 45.3 Å². The minimum atomic E-state index is -0.610. The van der Waals surface area contributed by atoms with Crippen molar-refractivity contribution in [2.24, 2.45) is 0 Å². The van der Waals surface area contributed by atoms with Crippen LogP contribution in [0.5, 0.6) is 0 Å². The van der Waals surface area contributed by atoms with E-state index >= 15 is 0 Å². The lowest BCUT2D eigenvalue weighted by Crippen LogP contribution is -2.21. The van der Waals surface area contributed by atoms with Gasteiger partial charge < -0.3 is 10.1 Å². The van der Waals surface area contributed by atoms with E-state index in [0.29, 0.717) is 20.2 Å². The third-order valence-corrected chi connectivity index (χ3v) is 4.34. The van der Waals surface area contributed by atoms with Crippen LogP contribution in [0, 0.1) is 17.0 Å². The largest absolute Gasteiger partial charge is 0.452 e. The predicted molar refractivity (Wildman–Crippen MR) is 98.6 cm³/mol. The van der Waals surface area contributed by atoms with Gasteiger partial charge in [0.15, 0.2) is 6.61 Å². The number of hydrogen-bond acceptors (Lipinski definition) is 5. The first-order chi connectivity index (χ1) is 11.8. The summed E-state index contributed by atoms with van der Waals surface area (Å²) < 4.78 is 5.62. The Kier molecular flexibility index (Phi) is 6.27. The number of rotatable bonds is 5. The third kappa shape index (κ3) is 5.10. The van der Waals surface area contributed by atoms with Crippen LogP contribution in [-0.2, 0) is 9.53 Å². The molecule has 0 saturated heterocycles. The number of nitrogens with zero attached hydrogens (tertiary/aromatic N) is 1. The maximum atomic E-state index is 12.0. The van der Waals surface area contributed by atoms with E-state index in [1.807, 2.05) is 13.0 Å². The highest BCUT2D eigenvalue weighted by atomic mass is 79.9. The number of aryl methyl sites for hydroxylation is 1. The van der Waals surface area contributed by atoms with Crippen molar-refractivity contribution in [3.63, 3.8) is 0 Å². The average molecular weight is 472 g/mol. The summed E-state index contributed by atoms with van der Waals surface area (Å²) >= 11 is 6.33. The molecule has 2 rings (SSSR count). The Morgan fingerprint density at radius 2 is 1.84 bits per heavy atom. The molecule has 2 aromatic rings. The number of halogens is 2. The van der Waals surface area contributed by atoms with E-state index in [1.54, 1.807) is 18.2 Å². The Bertz CT molecular complexity index is 831. The quantitative estimate of drug-likeness (QED) is 0.399. The molecule has 0 aliphatic heterocycles. The molecule has 0 spiro atoms. The number of hydrogen-bond donors (Lipinski definition) is 1. The highest BCUT2D eigenvalue weighted by molar-refractivity contribution is 9.11. The second kappa shape index (κ2) is 8.21. The van der Waals surface area contributed by atoms with Crippen LogP contribution in [-0.4, -0.2) is 23.4 Å². The molecule has 130 valence electrons. The maximum Gasteiger partial charge on any atom is 0.338 e. The van der Waals surface area contributed by atoms with Crippen LogP contribution in [0.1, 0.15) is 15.9 Å². The number of ether oxygens (including phenoxy) is 1. The Balaban J connectivity index is 2.01. The second-order valence-electron chi connectivity index (χ2n) is 5.04. The first kappa shape index (κ1) is 19.1. The van der Waals surface area contributed by atoms with Gasteiger partial charge in [-0.1, -0.05) is 17.7 Å². The topological polar surface area (TPSA) is 98.5 Å². The summed E-state index contributed by atoms with van der Waals surface area (Å²) in [5.74, 6) is -1.18. The van der Waals surface area contributed by atoms with Gasteiger partial charge in [-0.3, -0.25) is 14.9 Å². The first-order valence-electron chi connectivity index (χ1n) is 6.95. The van der Waals surface area contributed by atoms with Gasteiger partial charge in [0.05, 0.1) is 16.2 Å². The molecule has 0 aliphatic carbocycles. The van der Waals surface area contributed by atoms with Crippen LogP contribution in [0.25, 0.3) is 0 Å². The monoisotopic (exact) mass is 470 g/mol. The zero-order valence-corrected chi connectivity index (χ0v) is 16.1. The van der Waals surface area contributed by atoms with Gasteiger partial charge in [0, 0.05) is 21.1 Å². The zero-order valence-electron chi connectivity index (χ0n) is 12.9. The van der Waals surface area contributed by atoms with Crippen LogP contribution in [0.3, 0.4) is 0 Å². The fourth-order valence-corrected chi connectivity index (χ4v) is 3.31. The number of carbonyl (C=O) groups is 2. The van der Waals surface area contributed by atoms with Gasteiger partial charge in [0.25, 0.3) is 11.6 Å². The standard InChI is InChI=1S/C16H12Br2N2O5/c1-9-3-2-4-10(5-9)16(22)25-8-14(21)19-15-12(17)6-11(20(23)24)7-13(15)18/h2-7H,8H2,1H3,(H,19,21). The number of amides is 1. The fourth-order valence-electron chi connectivity index (χ4n) is 1.95. The Morgan fingerprint density at radius 1 is 1.20 bits per heavy atom. The van der Waals surface area contributed by atoms with Crippen molar-refractivity contribution in [3.8, 4) is 0 Å². The molecule has 1 amide bonds. The molecule has 0 saturated carbocycles. The van der Waals surface area contributed by atoms with Crippen LogP contribution >= 0.6 is 31.9 Å². The molecule has 0 aromatic heterocycles. The van der Waals surface area contributed by atoms with E-state index in [0.717, 1.165) is 5.56 Å². The number of esters is 1. The van der Waals surface area contributed by atoms with E-state index < -0.39 is 23.4 Å². The van der Waals surface area contributed by atoms with Crippen molar-refractivity contribution in [3.05, 3.63) is 66.6 Å². The number of nitro groups is 1. The fraction of sp³-hybridized carbons (Fsp3) is 0.125. The summed E-state index contributed by atoms with van der Waals surface area (Å²) in [5.41, 5.74) is 1.42. The maximum absolute atomic E-state index is 12.0. The molecule has 25 heavy (non-hydrogen) atoms. The van der Waals surface area contributed by atoms with Crippen molar-refractivity contribution in [2.75, 3.05) is 11.9 Å². The Morgan fingerprint density at radius 3 is 2.40 bits per heavy atom. The van der Waals surface area contributed by atoms with Gasteiger partial charge in [-0.15, -0.1) is 0 Å². The molecule has 0 fully saturated rings. The van der Waals surface area contributed by atoms with Crippen molar-refractivity contribution in [1.29, 1.82) is 0 Å². The summed E-state index contributed by atoms with van der Waals surface area (Å²) in [6, 6.07) is 9.34. The molecule has 7 nitrogen and oxygen atoms in total. The van der Waals surface area contributed by atoms with Crippen molar-refractivity contribution < 1.29 is 19.2 Å². The Labute approximate surface area is 159 Å². The van der Waals surface area contributed by atoms with Crippen molar-refractivity contribution >= 4 is 55.1 Å². The van der Waals surface area contributed by atoms with Gasteiger partial charge in [0.1, 0.15) is 0 Å². The van der Waals surface area contributed by atoms with Gasteiger partial charge in [-0.2, -0.15) is 0 Å². The zero-order chi connectivity index (χ0) is 18.6. The molecule has 0 radical (unpaired) electrons. The summed E-state index contributed by atoms with van der Waals surface area (Å²) in [7, 11) is 0. The summed E-state index contributed by atoms with van der Waals surface area (Å²) in [4.78, 5) is 34.1. The van der Waals surface area contributed by atoms with Crippen molar-refractivity contribution in [2.45, 2.75) is 6.92 Å². The molecule has 0 atom stereocenters. The lowest BCUT2D eigenvalue weighted by molar-refractivity contribution is -0.385. The summed E-state index contributed by atoms with van der Waals surface area (Å²) in [6.45, 7) is 1.36. The lowest BCUT2D eigenvalue weighted by Gasteiger charge is -2.10. The van der Waals surface area contributed by atoms with Gasteiger partial charge in [-0.25, -0.2) is 4.79 Å². The van der Waals surface area contributed by atoms with E-state index in [2.05, 4.69) is 37.2 Å². The van der Waals surface area contributed by atoms with Crippen LogP contribution in [0.2, 0.25) is 0 Å². The molecule has 9 heteroatoms. The van der Waals surface area contributed by atoms with E-state index in [4.69, 9.17) is 4.74 Å².